The van der Waals surface area contributed by atoms with Crippen LogP contribution in [0.5, 0.6) is 5.75 Å². The largest absolute Gasteiger partial charge is 0.494 e. The molecule has 32 heavy (non-hydrogen) atoms. The summed E-state index contributed by atoms with van der Waals surface area (Å²) < 4.78 is 12.6. The SMILES string of the molecule is CCOc1ccc(-c2noc(CNC(=O)c3ccc(Cn4nc(C)cc4C)cc3)n2)cc1. The van der Waals surface area contributed by atoms with Crippen molar-refractivity contribution in [2.24, 2.45) is 0 Å². The van der Waals surface area contributed by atoms with Crippen LogP contribution in [0.3, 0.4) is 0 Å². The van der Waals surface area contributed by atoms with Crippen molar-refractivity contribution in [3.05, 3.63) is 83.0 Å². The van der Waals surface area contributed by atoms with Gasteiger partial charge in [0.05, 0.1) is 25.4 Å². The van der Waals surface area contributed by atoms with Crippen LogP contribution in [-0.2, 0) is 13.1 Å². The van der Waals surface area contributed by atoms with Crippen molar-refractivity contribution in [1.82, 2.24) is 25.2 Å². The molecule has 8 nitrogen and oxygen atoms in total. The summed E-state index contributed by atoms with van der Waals surface area (Å²) in [6, 6.07) is 17.0. The van der Waals surface area contributed by atoms with E-state index in [-0.39, 0.29) is 12.5 Å². The molecule has 1 amide bonds. The number of nitrogens with zero attached hydrogens (tertiary/aromatic N) is 4. The molecule has 2 heterocycles. The van der Waals surface area contributed by atoms with Crippen LogP contribution < -0.4 is 10.1 Å². The number of amides is 1. The number of rotatable bonds is 8. The summed E-state index contributed by atoms with van der Waals surface area (Å²) in [5, 5.41) is 11.3. The molecule has 0 fully saturated rings. The lowest BCUT2D eigenvalue weighted by Crippen LogP contribution is -2.23. The van der Waals surface area contributed by atoms with Gasteiger partial charge >= 0.3 is 0 Å². The first-order chi connectivity index (χ1) is 15.5. The average Bonchev–Trinajstić information content (AvgIpc) is 3.39. The maximum absolute atomic E-state index is 12.5. The Balaban J connectivity index is 1.33. The lowest BCUT2D eigenvalue weighted by molar-refractivity contribution is 0.0946. The fourth-order valence-corrected chi connectivity index (χ4v) is 3.34. The van der Waals surface area contributed by atoms with Crippen molar-refractivity contribution in [3.63, 3.8) is 0 Å². The van der Waals surface area contributed by atoms with Gasteiger partial charge in [0.25, 0.3) is 5.91 Å². The Hall–Kier alpha value is -3.94. The zero-order chi connectivity index (χ0) is 22.5. The summed E-state index contributed by atoms with van der Waals surface area (Å²) in [5.41, 5.74) is 4.55. The third kappa shape index (κ3) is 5.03. The molecule has 0 saturated heterocycles. The van der Waals surface area contributed by atoms with Crippen LogP contribution >= 0.6 is 0 Å². The fourth-order valence-electron chi connectivity index (χ4n) is 3.34. The standard InChI is InChI=1S/C24H25N5O3/c1-4-31-21-11-9-19(10-12-21)23-26-22(32-28-23)14-25-24(30)20-7-5-18(6-8-20)15-29-17(3)13-16(2)27-29/h5-13H,4,14-15H2,1-3H3,(H,25,30). The molecule has 0 aliphatic heterocycles. The summed E-state index contributed by atoms with van der Waals surface area (Å²) >= 11 is 0. The van der Waals surface area contributed by atoms with Gasteiger partial charge in [-0.2, -0.15) is 10.1 Å². The number of benzene rings is 2. The number of carbonyl (C=O) groups is 1. The van der Waals surface area contributed by atoms with E-state index in [1.165, 1.54) is 0 Å². The smallest absolute Gasteiger partial charge is 0.251 e. The Morgan fingerprint density at radius 1 is 1.09 bits per heavy atom. The molecule has 2 aromatic carbocycles. The predicted octanol–water partition coefficient (Wildman–Crippen LogP) is 3.93. The van der Waals surface area contributed by atoms with Gasteiger partial charge in [0.1, 0.15) is 5.75 Å². The predicted molar refractivity (Wildman–Crippen MR) is 119 cm³/mol. The van der Waals surface area contributed by atoms with Gasteiger partial charge in [-0.1, -0.05) is 17.3 Å². The Morgan fingerprint density at radius 3 is 2.50 bits per heavy atom. The van der Waals surface area contributed by atoms with E-state index in [1.807, 2.05) is 67.9 Å². The molecule has 0 atom stereocenters. The maximum Gasteiger partial charge on any atom is 0.251 e. The third-order valence-corrected chi connectivity index (χ3v) is 4.94. The highest BCUT2D eigenvalue weighted by molar-refractivity contribution is 5.94. The van der Waals surface area contributed by atoms with Crippen LogP contribution in [-0.4, -0.2) is 32.4 Å². The highest BCUT2D eigenvalue weighted by Crippen LogP contribution is 2.20. The first-order valence-electron chi connectivity index (χ1n) is 10.5. The first kappa shape index (κ1) is 21.3. The molecule has 0 aliphatic rings. The lowest BCUT2D eigenvalue weighted by atomic mass is 10.1. The van der Waals surface area contributed by atoms with Gasteiger partial charge in [-0.05, 0) is 68.8 Å². The minimum atomic E-state index is -0.205. The van der Waals surface area contributed by atoms with E-state index in [1.54, 1.807) is 12.1 Å². The Labute approximate surface area is 186 Å². The second-order valence-electron chi connectivity index (χ2n) is 7.43. The molecule has 1 N–H and O–H groups in total. The van der Waals surface area contributed by atoms with E-state index in [0.717, 1.165) is 28.3 Å². The van der Waals surface area contributed by atoms with E-state index in [4.69, 9.17) is 9.26 Å². The quantitative estimate of drug-likeness (QED) is 0.454. The molecule has 4 aromatic rings. The minimum absolute atomic E-state index is 0.149. The number of nitrogens with one attached hydrogen (secondary N) is 1. The van der Waals surface area contributed by atoms with E-state index in [0.29, 0.717) is 30.4 Å². The third-order valence-electron chi connectivity index (χ3n) is 4.94. The molecule has 8 heteroatoms. The van der Waals surface area contributed by atoms with Crippen molar-refractivity contribution >= 4 is 5.91 Å². The Morgan fingerprint density at radius 2 is 1.84 bits per heavy atom. The number of ether oxygens (including phenoxy) is 1. The van der Waals surface area contributed by atoms with Crippen LogP contribution in [0.2, 0.25) is 0 Å². The molecule has 0 aliphatic carbocycles. The van der Waals surface area contributed by atoms with Crippen LogP contribution in [0.4, 0.5) is 0 Å². The van der Waals surface area contributed by atoms with Crippen molar-refractivity contribution in [3.8, 4) is 17.1 Å². The topological polar surface area (TPSA) is 95.1 Å². The molecule has 0 unspecified atom stereocenters. The van der Waals surface area contributed by atoms with Gasteiger partial charge in [0.15, 0.2) is 0 Å². The number of aromatic nitrogens is 4. The van der Waals surface area contributed by atoms with E-state index in [2.05, 4.69) is 20.6 Å². The van der Waals surface area contributed by atoms with Crippen LogP contribution in [0.25, 0.3) is 11.4 Å². The lowest BCUT2D eigenvalue weighted by Gasteiger charge is -2.06. The van der Waals surface area contributed by atoms with Crippen molar-refractivity contribution in [2.75, 3.05) is 6.61 Å². The van der Waals surface area contributed by atoms with Gasteiger partial charge in [0, 0.05) is 16.8 Å². The number of aryl methyl sites for hydroxylation is 2. The molecule has 164 valence electrons. The van der Waals surface area contributed by atoms with Crippen LogP contribution in [0.15, 0.2) is 59.1 Å². The van der Waals surface area contributed by atoms with Crippen molar-refractivity contribution in [1.29, 1.82) is 0 Å². The highest BCUT2D eigenvalue weighted by Gasteiger charge is 2.12. The first-order valence-corrected chi connectivity index (χ1v) is 10.5. The minimum Gasteiger partial charge on any atom is -0.494 e. The highest BCUT2D eigenvalue weighted by atomic mass is 16.5. The number of carbonyl (C=O) groups excluding carboxylic acids is 1. The summed E-state index contributed by atoms with van der Waals surface area (Å²) in [5.74, 6) is 1.38. The van der Waals surface area contributed by atoms with Gasteiger partial charge < -0.3 is 14.6 Å². The molecule has 0 saturated carbocycles. The molecule has 0 radical (unpaired) electrons. The summed E-state index contributed by atoms with van der Waals surface area (Å²) in [6.45, 7) is 7.36. The Bertz CT molecular complexity index is 1190. The summed E-state index contributed by atoms with van der Waals surface area (Å²) in [6.07, 6.45) is 0. The molecular weight excluding hydrogens is 406 g/mol. The zero-order valence-corrected chi connectivity index (χ0v) is 18.3. The molecule has 0 bridgehead atoms. The summed E-state index contributed by atoms with van der Waals surface area (Å²) in [7, 11) is 0. The molecule has 2 aromatic heterocycles. The van der Waals surface area contributed by atoms with Crippen molar-refractivity contribution in [2.45, 2.75) is 33.9 Å². The number of hydrogen-bond acceptors (Lipinski definition) is 6. The van der Waals surface area contributed by atoms with Gasteiger partial charge in [-0.25, -0.2) is 0 Å². The summed E-state index contributed by atoms with van der Waals surface area (Å²) in [4.78, 5) is 16.8. The average molecular weight is 431 g/mol. The fraction of sp³-hybridized carbons (Fsp3) is 0.250. The van der Waals surface area contributed by atoms with Gasteiger partial charge in [-0.15, -0.1) is 0 Å². The normalized spacial score (nSPS) is 10.8. The van der Waals surface area contributed by atoms with E-state index >= 15 is 0 Å². The number of hydrogen-bond donors (Lipinski definition) is 1. The van der Waals surface area contributed by atoms with Crippen LogP contribution in [0, 0.1) is 13.8 Å². The second-order valence-corrected chi connectivity index (χ2v) is 7.43. The van der Waals surface area contributed by atoms with Gasteiger partial charge in [-0.3, -0.25) is 9.48 Å². The Kier molecular flexibility index (Phi) is 6.30. The molecule has 0 spiro atoms. The van der Waals surface area contributed by atoms with E-state index in [9.17, 15) is 4.79 Å². The maximum atomic E-state index is 12.5. The van der Waals surface area contributed by atoms with E-state index < -0.39 is 0 Å². The molecular formula is C24H25N5O3. The zero-order valence-electron chi connectivity index (χ0n) is 18.3. The van der Waals surface area contributed by atoms with Crippen molar-refractivity contribution < 1.29 is 14.1 Å². The van der Waals surface area contributed by atoms with Gasteiger partial charge in [0.2, 0.25) is 11.7 Å². The second kappa shape index (κ2) is 9.47. The van der Waals surface area contributed by atoms with Crippen LogP contribution in [0.1, 0.15) is 40.1 Å². The molecule has 4 rings (SSSR count). The monoisotopic (exact) mass is 431 g/mol.